The van der Waals surface area contributed by atoms with Gasteiger partial charge < -0.3 is 5.11 Å². The van der Waals surface area contributed by atoms with Crippen LogP contribution in [-0.4, -0.2) is 38.0 Å². The molecule has 0 aromatic rings. The summed E-state index contributed by atoms with van der Waals surface area (Å²) in [5, 5.41) is 8.39. The third kappa shape index (κ3) is 3.75. The van der Waals surface area contributed by atoms with Crippen LogP contribution in [0.3, 0.4) is 0 Å². The monoisotopic (exact) mass is 261 g/mol. The molecule has 1 amide bonds. The Hall–Kier alpha value is -0.620. The highest BCUT2D eigenvalue weighted by molar-refractivity contribution is 8.24. The van der Waals surface area contributed by atoms with Crippen molar-refractivity contribution in [2.75, 3.05) is 6.54 Å². The number of carboxylic acid groups (broad SMARTS) is 1. The van der Waals surface area contributed by atoms with Crippen LogP contribution in [0.1, 0.15) is 32.6 Å². The Balaban J connectivity index is 2.20. The van der Waals surface area contributed by atoms with Crippen LogP contribution in [0, 0.1) is 0 Å². The number of carbonyl (C=O) groups excluding carboxylic acids is 1. The SMILES string of the molecule is C[C@@H]1SC(=S)N(CCCCCC(=O)O)C1=O. The molecule has 1 atom stereocenters. The van der Waals surface area contributed by atoms with Crippen molar-refractivity contribution >= 4 is 40.2 Å². The number of nitrogens with zero attached hydrogens (tertiary/aromatic N) is 1. The molecule has 0 unspecified atom stereocenters. The molecule has 1 aliphatic rings. The zero-order valence-corrected chi connectivity index (χ0v) is 10.8. The van der Waals surface area contributed by atoms with Gasteiger partial charge in [-0.05, 0) is 19.8 Å². The van der Waals surface area contributed by atoms with Crippen molar-refractivity contribution < 1.29 is 14.7 Å². The normalized spacial score (nSPS) is 20.6. The number of aliphatic carboxylic acids is 1. The second-order valence-electron chi connectivity index (χ2n) is 3.72. The molecular formula is C10H15NO3S2. The number of carbonyl (C=O) groups is 2. The maximum absolute atomic E-state index is 11.6. The highest BCUT2D eigenvalue weighted by Gasteiger charge is 2.32. The van der Waals surface area contributed by atoms with Gasteiger partial charge in [0.25, 0.3) is 0 Å². The van der Waals surface area contributed by atoms with Crippen molar-refractivity contribution in [2.45, 2.75) is 37.9 Å². The lowest BCUT2D eigenvalue weighted by Crippen LogP contribution is -2.31. The lowest BCUT2D eigenvalue weighted by molar-refractivity contribution is -0.137. The molecule has 90 valence electrons. The molecule has 1 rings (SSSR count). The fourth-order valence-corrected chi connectivity index (χ4v) is 2.95. The van der Waals surface area contributed by atoms with Gasteiger partial charge in [-0.15, -0.1) is 0 Å². The second-order valence-corrected chi connectivity index (χ2v) is 5.69. The minimum Gasteiger partial charge on any atom is -0.481 e. The van der Waals surface area contributed by atoms with Crippen molar-refractivity contribution in [3.05, 3.63) is 0 Å². The number of amides is 1. The number of thiocarbonyl (C=S) groups is 1. The summed E-state index contributed by atoms with van der Waals surface area (Å²) in [5.74, 6) is -0.690. The molecule has 0 aromatic carbocycles. The first kappa shape index (κ1) is 13.4. The predicted octanol–water partition coefficient (Wildman–Crippen LogP) is 1.88. The Kier molecular flexibility index (Phi) is 5.21. The quantitative estimate of drug-likeness (QED) is 0.584. The molecule has 6 heteroatoms. The minimum absolute atomic E-state index is 0.0634. The molecule has 0 saturated carbocycles. The summed E-state index contributed by atoms with van der Waals surface area (Å²) in [6.45, 7) is 2.47. The topological polar surface area (TPSA) is 57.6 Å². The third-order valence-electron chi connectivity index (χ3n) is 2.38. The first-order valence-corrected chi connectivity index (χ1v) is 6.55. The highest BCUT2D eigenvalue weighted by atomic mass is 32.2. The lowest BCUT2D eigenvalue weighted by atomic mass is 10.2. The van der Waals surface area contributed by atoms with Crippen LogP contribution in [-0.2, 0) is 9.59 Å². The van der Waals surface area contributed by atoms with E-state index >= 15 is 0 Å². The van der Waals surface area contributed by atoms with Gasteiger partial charge in [0.05, 0.1) is 5.25 Å². The Bertz CT molecular complexity index is 306. The second kappa shape index (κ2) is 6.20. The molecule has 0 aromatic heterocycles. The largest absolute Gasteiger partial charge is 0.481 e. The van der Waals surface area contributed by atoms with Crippen LogP contribution in [0.4, 0.5) is 0 Å². The van der Waals surface area contributed by atoms with Crippen molar-refractivity contribution in [2.24, 2.45) is 0 Å². The van der Waals surface area contributed by atoms with E-state index in [0.29, 0.717) is 17.3 Å². The molecule has 1 N–H and O–H groups in total. The lowest BCUT2D eigenvalue weighted by Gasteiger charge is -2.14. The molecule has 4 nitrogen and oxygen atoms in total. The summed E-state index contributed by atoms with van der Waals surface area (Å²) in [6.07, 6.45) is 2.49. The van der Waals surface area contributed by atoms with Crippen LogP contribution < -0.4 is 0 Å². The summed E-state index contributed by atoms with van der Waals surface area (Å²) >= 11 is 6.51. The molecule has 16 heavy (non-hydrogen) atoms. The fourth-order valence-electron chi connectivity index (χ4n) is 1.50. The number of hydrogen-bond acceptors (Lipinski definition) is 4. The van der Waals surface area contributed by atoms with Crippen LogP contribution in [0.25, 0.3) is 0 Å². The molecule has 0 spiro atoms. The summed E-state index contributed by atoms with van der Waals surface area (Å²) in [5.41, 5.74) is 0. The van der Waals surface area contributed by atoms with Gasteiger partial charge in [0.2, 0.25) is 5.91 Å². The van der Waals surface area contributed by atoms with E-state index in [2.05, 4.69) is 0 Å². The van der Waals surface area contributed by atoms with Gasteiger partial charge in [0, 0.05) is 13.0 Å². The molecule has 1 fully saturated rings. The summed E-state index contributed by atoms with van der Waals surface area (Å²) in [6, 6.07) is 0. The number of thioether (sulfide) groups is 1. The Labute approximate surface area is 104 Å². The van der Waals surface area contributed by atoms with Crippen LogP contribution in [0.2, 0.25) is 0 Å². The van der Waals surface area contributed by atoms with Crippen molar-refractivity contribution in [1.29, 1.82) is 0 Å². The van der Waals surface area contributed by atoms with Crippen LogP contribution >= 0.6 is 24.0 Å². The number of unbranched alkanes of at least 4 members (excludes halogenated alkanes) is 2. The van der Waals surface area contributed by atoms with E-state index in [1.54, 1.807) is 4.90 Å². The maximum atomic E-state index is 11.6. The van der Waals surface area contributed by atoms with Crippen LogP contribution in [0.15, 0.2) is 0 Å². The van der Waals surface area contributed by atoms with Gasteiger partial charge in [-0.3, -0.25) is 14.5 Å². The Morgan fingerprint density at radius 2 is 2.19 bits per heavy atom. The smallest absolute Gasteiger partial charge is 0.303 e. The first-order chi connectivity index (χ1) is 7.52. The van der Waals surface area contributed by atoms with E-state index in [4.69, 9.17) is 17.3 Å². The molecule has 1 saturated heterocycles. The van der Waals surface area contributed by atoms with Gasteiger partial charge >= 0.3 is 5.97 Å². The molecule has 1 aliphatic heterocycles. The third-order valence-corrected chi connectivity index (χ3v) is 3.87. The molecule has 1 heterocycles. The van der Waals surface area contributed by atoms with E-state index in [9.17, 15) is 9.59 Å². The minimum atomic E-state index is -0.767. The van der Waals surface area contributed by atoms with Crippen molar-refractivity contribution in [1.82, 2.24) is 4.90 Å². The predicted molar refractivity (Wildman–Crippen MR) is 67.5 cm³/mol. The molecular weight excluding hydrogens is 246 g/mol. The molecule has 0 bridgehead atoms. The summed E-state index contributed by atoms with van der Waals surface area (Å²) in [7, 11) is 0. The fraction of sp³-hybridized carbons (Fsp3) is 0.700. The zero-order valence-electron chi connectivity index (χ0n) is 9.14. The number of rotatable bonds is 6. The van der Waals surface area contributed by atoms with E-state index < -0.39 is 5.97 Å². The van der Waals surface area contributed by atoms with Crippen molar-refractivity contribution in [3.63, 3.8) is 0 Å². The Morgan fingerprint density at radius 3 is 2.69 bits per heavy atom. The van der Waals surface area contributed by atoms with E-state index in [1.807, 2.05) is 6.92 Å². The average Bonchev–Trinajstić information content (AvgIpc) is 2.43. The average molecular weight is 261 g/mol. The van der Waals surface area contributed by atoms with Gasteiger partial charge in [0.1, 0.15) is 4.32 Å². The van der Waals surface area contributed by atoms with Crippen LogP contribution in [0.5, 0.6) is 0 Å². The molecule has 0 aliphatic carbocycles. The van der Waals surface area contributed by atoms with E-state index in [-0.39, 0.29) is 17.6 Å². The first-order valence-electron chi connectivity index (χ1n) is 5.26. The summed E-state index contributed by atoms with van der Waals surface area (Å²) in [4.78, 5) is 23.5. The van der Waals surface area contributed by atoms with Gasteiger partial charge in [0.15, 0.2) is 0 Å². The highest BCUT2D eigenvalue weighted by Crippen LogP contribution is 2.26. The Morgan fingerprint density at radius 1 is 1.50 bits per heavy atom. The van der Waals surface area contributed by atoms with Gasteiger partial charge in [-0.1, -0.05) is 30.4 Å². The number of carboxylic acids is 1. The van der Waals surface area contributed by atoms with E-state index in [1.165, 1.54) is 11.8 Å². The summed E-state index contributed by atoms with van der Waals surface area (Å²) < 4.78 is 0.649. The van der Waals surface area contributed by atoms with Gasteiger partial charge in [-0.25, -0.2) is 0 Å². The molecule has 0 radical (unpaired) electrons. The zero-order chi connectivity index (χ0) is 12.1. The maximum Gasteiger partial charge on any atom is 0.303 e. The standard InChI is InChI=1S/C10H15NO3S2/c1-7-9(14)11(10(15)16-7)6-4-2-3-5-8(12)13/h7H,2-6H2,1H3,(H,12,13)/t7-/m0/s1. The van der Waals surface area contributed by atoms with Crippen molar-refractivity contribution in [3.8, 4) is 0 Å². The number of hydrogen-bond donors (Lipinski definition) is 1. The van der Waals surface area contributed by atoms with Gasteiger partial charge in [-0.2, -0.15) is 0 Å². The van der Waals surface area contributed by atoms with E-state index in [0.717, 1.165) is 12.8 Å².